The minimum absolute atomic E-state index is 0.0538. The Hall–Kier alpha value is -3.70. The van der Waals surface area contributed by atoms with Crippen molar-refractivity contribution in [3.63, 3.8) is 0 Å². The molecule has 0 saturated heterocycles. The Kier molecular flexibility index (Phi) is 5.69. The van der Waals surface area contributed by atoms with Gasteiger partial charge in [-0.15, -0.1) is 0 Å². The standard InChI is InChI=1S/C26H24N2O3/c1-19-17-20(2)28(27-19)24-15-13-21(14-16-24)18-31-25(29)26(30,22-9-5-3-6-10-22)23-11-7-4-8-12-23/h3-17,30H,18H2,1-2H3. The van der Waals surface area contributed by atoms with Crippen molar-refractivity contribution >= 4 is 5.97 Å². The molecule has 0 unspecified atom stereocenters. The summed E-state index contributed by atoms with van der Waals surface area (Å²) >= 11 is 0. The summed E-state index contributed by atoms with van der Waals surface area (Å²) in [6, 6.07) is 27.4. The van der Waals surface area contributed by atoms with Gasteiger partial charge in [-0.2, -0.15) is 5.10 Å². The lowest BCUT2D eigenvalue weighted by molar-refractivity contribution is -0.163. The fraction of sp³-hybridized carbons (Fsp3) is 0.154. The summed E-state index contributed by atoms with van der Waals surface area (Å²) in [6.45, 7) is 4.01. The molecule has 0 spiro atoms. The molecule has 0 saturated carbocycles. The summed E-state index contributed by atoms with van der Waals surface area (Å²) in [5, 5.41) is 15.9. The van der Waals surface area contributed by atoms with E-state index in [1.165, 1.54) is 0 Å². The van der Waals surface area contributed by atoms with Crippen molar-refractivity contribution in [1.82, 2.24) is 9.78 Å². The van der Waals surface area contributed by atoms with E-state index < -0.39 is 11.6 Å². The predicted molar refractivity (Wildman–Crippen MR) is 119 cm³/mol. The smallest absolute Gasteiger partial charge is 0.348 e. The number of benzene rings is 3. The van der Waals surface area contributed by atoms with Crippen LogP contribution in [0.15, 0.2) is 91.0 Å². The quantitative estimate of drug-likeness (QED) is 0.475. The molecule has 0 atom stereocenters. The topological polar surface area (TPSA) is 64.3 Å². The summed E-state index contributed by atoms with van der Waals surface area (Å²) in [5.74, 6) is -0.715. The largest absolute Gasteiger partial charge is 0.458 e. The van der Waals surface area contributed by atoms with Crippen LogP contribution in [0.5, 0.6) is 0 Å². The summed E-state index contributed by atoms with van der Waals surface area (Å²) in [4.78, 5) is 13.1. The SMILES string of the molecule is Cc1cc(C)n(-c2ccc(COC(=O)C(O)(c3ccccc3)c3ccccc3)cc2)n1. The Morgan fingerprint density at radius 3 is 1.94 bits per heavy atom. The van der Waals surface area contributed by atoms with Gasteiger partial charge in [0.2, 0.25) is 5.60 Å². The van der Waals surface area contributed by atoms with Crippen LogP contribution < -0.4 is 0 Å². The molecule has 4 rings (SSSR count). The van der Waals surface area contributed by atoms with Crippen LogP contribution in [0.25, 0.3) is 5.69 Å². The second-order valence-corrected chi connectivity index (χ2v) is 7.52. The summed E-state index contributed by atoms with van der Waals surface area (Å²) in [7, 11) is 0. The van der Waals surface area contributed by atoms with Crippen molar-refractivity contribution in [3.8, 4) is 5.69 Å². The van der Waals surface area contributed by atoms with Crippen molar-refractivity contribution in [3.05, 3.63) is 119 Å². The van der Waals surface area contributed by atoms with Crippen molar-refractivity contribution in [1.29, 1.82) is 0 Å². The van der Waals surface area contributed by atoms with Crippen LogP contribution in [-0.4, -0.2) is 20.9 Å². The lowest BCUT2D eigenvalue weighted by Crippen LogP contribution is -2.38. The third-order valence-corrected chi connectivity index (χ3v) is 5.24. The number of ether oxygens (including phenoxy) is 1. The van der Waals surface area contributed by atoms with E-state index in [-0.39, 0.29) is 6.61 Å². The third-order valence-electron chi connectivity index (χ3n) is 5.24. The number of aliphatic hydroxyl groups is 1. The van der Waals surface area contributed by atoms with Gasteiger partial charge in [0.05, 0.1) is 11.4 Å². The molecule has 5 heteroatoms. The van der Waals surface area contributed by atoms with Gasteiger partial charge in [-0.25, -0.2) is 9.48 Å². The van der Waals surface area contributed by atoms with E-state index in [1.807, 2.05) is 61.0 Å². The molecule has 0 aliphatic rings. The number of aryl methyl sites for hydroxylation is 2. The van der Waals surface area contributed by atoms with Crippen LogP contribution in [0.1, 0.15) is 28.1 Å². The van der Waals surface area contributed by atoms with E-state index in [2.05, 4.69) is 5.10 Å². The van der Waals surface area contributed by atoms with E-state index in [0.29, 0.717) is 11.1 Å². The van der Waals surface area contributed by atoms with Gasteiger partial charge in [0.25, 0.3) is 0 Å². The molecule has 1 aromatic heterocycles. The fourth-order valence-electron chi connectivity index (χ4n) is 3.64. The van der Waals surface area contributed by atoms with Gasteiger partial charge in [-0.3, -0.25) is 0 Å². The van der Waals surface area contributed by atoms with Crippen LogP contribution in [0.2, 0.25) is 0 Å². The molecule has 0 fully saturated rings. The normalized spacial score (nSPS) is 11.3. The molecular weight excluding hydrogens is 388 g/mol. The lowest BCUT2D eigenvalue weighted by atomic mass is 9.86. The van der Waals surface area contributed by atoms with Crippen molar-refractivity contribution in [2.24, 2.45) is 0 Å². The van der Waals surface area contributed by atoms with Crippen LogP contribution in [0, 0.1) is 13.8 Å². The first-order valence-corrected chi connectivity index (χ1v) is 10.1. The van der Waals surface area contributed by atoms with Crippen LogP contribution in [-0.2, 0) is 21.7 Å². The summed E-state index contributed by atoms with van der Waals surface area (Å²) in [6.07, 6.45) is 0. The highest BCUT2D eigenvalue weighted by atomic mass is 16.5. The number of hydrogen-bond donors (Lipinski definition) is 1. The van der Waals surface area contributed by atoms with E-state index in [0.717, 1.165) is 22.6 Å². The average molecular weight is 412 g/mol. The molecule has 0 radical (unpaired) electrons. The second kappa shape index (κ2) is 8.58. The number of esters is 1. The van der Waals surface area contributed by atoms with Gasteiger partial charge in [0.1, 0.15) is 6.61 Å². The second-order valence-electron chi connectivity index (χ2n) is 7.52. The molecule has 0 bridgehead atoms. The first-order valence-electron chi connectivity index (χ1n) is 10.1. The molecule has 0 aliphatic carbocycles. The van der Waals surface area contributed by atoms with E-state index in [4.69, 9.17) is 4.74 Å². The summed E-state index contributed by atoms with van der Waals surface area (Å²) < 4.78 is 7.43. The maximum atomic E-state index is 13.1. The average Bonchev–Trinajstić information content (AvgIpc) is 3.16. The van der Waals surface area contributed by atoms with Gasteiger partial charge >= 0.3 is 5.97 Å². The number of nitrogens with zero attached hydrogens (tertiary/aromatic N) is 2. The Balaban J connectivity index is 1.54. The van der Waals surface area contributed by atoms with Crippen molar-refractivity contribution in [2.75, 3.05) is 0 Å². The maximum Gasteiger partial charge on any atom is 0.348 e. The summed E-state index contributed by atoms with van der Waals surface area (Å²) in [5.41, 5.74) is 2.81. The minimum Gasteiger partial charge on any atom is -0.458 e. The number of hydrogen-bond acceptors (Lipinski definition) is 4. The number of aromatic nitrogens is 2. The van der Waals surface area contributed by atoms with Gasteiger partial charge < -0.3 is 9.84 Å². The number of rotatable bonds is 6. The Labute approximate surface area is 181 Å². The fourth-order valence-corrected chi connectivity index (χ4v) is 3.64. The maximum absolute atomic E-state index is 13.1. The molecule has 5 nitrogen and oxygen atoms in total. The molecular formula is C26H24N2O3. The zero-order chi connectivity index (χ0) is 21.8. The molecule has 156 valence electrons. The van der Waals surface area contributed by atoms with Gasteiger partial charge in [-0.05, 0) is 48.7 Å². The highest BCUT2D eigenvalue weighted by Crippen LogP contribution is 2.31. The zero-order valence-corrected chi connectivity index (χ0v) is 17.5. The van der Waals surface area contributed by atoms with Crippen molar-refractivity contribution < 1.29 is 14.6 Å². The molecule has 0 aliphatic heterocycles. The van der Waals surface area contributed by atoms with Gasteiger partial charge in [0, 0.05) is 5.69 Å². The molecule has 1 heterocycles. The third kappa shape index (κ3) is 4.13. The highest BCUT2D eigenvalue weighted by molar-refractivity contribution is 5.85. The predicted octanol–water partition coefficient (Wildman–Crippen LogP) is 4.47. The molecule has 0 amide bonds. The highest BCUT2D eigenvalue weighted by Gasteiger charge is 2.41. The minimum atomic E-state index is -1.88. The molecule has 3 aromatic carbocycles. The number of carbonyl (C=O) groups excluding carboxylic acids is 1. The van der Waals surface area contributed by atoms with E-state index in [1.54, 1.807) is 48.5 Å². The Morgan fingerprint density at radius 2 is 1.45 bits per heavy atom. The van der Waals surface area contributed by atoms with Gasteiger partial charge in [-0.1, -0.05) is 72.8 Å². The van der Waals surface area contributed by atoms with Crippen LogP contribution in [0.4, 0.5) is 0 Å². The van der Waals surface area contributed by atoms with Crippen molar-refractivity contribution in [2.45, 2.75) is 26.1 Å². The first-order chi connectivity index (χ1) is 15.0. The zero-order valence-electron chi connectivity index (χ0n) is 17.5. The van der Waals surface area contributed by atoms with Gasteiger partial charge in [0.15, 0.2) is 0 Å². The monoisotopic (exact) mass is 412 g/mol. The molecule has 1 N–H and O–H groups in total. The number of carbonyl (C=O) groups is 1. The Morgan fingerprint density at radius 1 is 0.903 bits per heavy atom. The van der Waals surface area contributed by atoms with Crippen LogP contribution >= 0.6 is 0 Å². The lowest BCUT2D eigenvalue weighted by Gasteiger charge is -2.27. The van der Waals surface area contributed by atoms with E-state index >= 15 is 0 Å². The van der Waals surface area contributed by atoms with Crippen LogP contribution in [0.3, 0.4) is 0 Å². The molecule has 4 aromatic rings. The Bertz CT molecular complexity index is 1130. The molecule has 31 heavy (non-hydrogen) atoms. The van der Waals surface area contributed by atoms with E-state index in [9.17, 15) is 9.90 Å². The first kappa shape index (κ1) is 20.6.